The van der Waals surface area contributed by atoms with Crippen LogP contribution in [0.1, 0.15) is 16.3 Å². The number of non-ortho nitro benzene ring substituents is 1. The van der Waals surface area contributed by atoms with Crippen molar-refractivity contribution in [1.82, 2.24) is 4.98 Å². The van der Waals surface area contributed by atoms with E-state index in [1.807, 2.05) is 31.2 Å². The van der Waals surface area contributed by atoms with Crippen LogP contribution in [-0.4, -0.2) is 17.0 Å². The molecular formula is C13H14ClN3O2S. The zero-order valence-corrected chi connectivity index (χ0v) is 13.0. The Bertz CT molecular complexity index is 634. The predicted octanol–water partition coefficient (Wildman–Crippen LogP) is 3.96. The number of benzene rings is 1. The van der Waals surface area contributed by atoms with E-state index in [1.165, 1.54) is 12.1 Å². The Labute approximate surface area is 126 Å². The molecule has 0 fully saturated rings. The maximum absolute atomic E-state index is 10.8. The highest BCUT2D eigenvalue weighted by molar-refractivity contribution is 7.09. The molecule has 0 unspecified atom stereocenters. The number of hydrogen-bond donors (Lipinski definition) is 0. The summed E-state index contributed by atoms with van der Waals surface area (Å²) in [5.74, 6) is 0. The van der Waals surface area contributed by atoms with Crippen molar-refractivity contribution >= 4 is 34.3 Å². The third-order valence-corrected chi connectivity index (χ3v) is 4.01. The van der Waals surface area contributed by atoms with E-state index in [1.54, 1.807) is 11.3 Å². The summed E-state index contributed by atoms with van der Waals surface area (Å²) < 4.78 is 0. The predicted molar refractivity (Wildman–Crippen MR) is 81.8 cm³/mol. The van der Waals surface area contributed by atoms with Gasteiger partial charge in [-0.3, -0.25) is 10.1 Å². The summed E-state index contributed by atoms with van der Waals surface area (Å²) in [4.78, 5) is 16.7. The molecule has 106 valence electrons. The van der Waals surface area contributed by atoms with Crippen LogP contribution in [0.25, 0.3) is 0 Å². The second-order valence-electron chi connectivity index (χ2n) is 4.56. The molecule has 1 heterocycles. The number of nitro groups is 1. The van der Waals surface area contributed by atoms with Gasteiger partial charge in [-0.25, -0.2) is 4.98 Å². The Kier molecular flexibility index (Phi) is 4.25. The number of hydrogen-bond acceptors (Lipinski definition) is 5. The van der Waals surface area contributed by atoms with Crippen LogP contribution in [0.4, 0.5) is 11.4 Å². The van der Waals surface area contributed by atoms with Gasteiger partial charge in [-0.2, -0.15) is 0 Å². The molecule has 1 aromatic carbocycles. The molecule has 0 aliphatic heterocycles. The molecule has 0 atom stereocenters. The maximum atomic E-state index is 10.8. The highest BCUT2D eigenvalue weighted by atomic mass is 35.5. The fourth-order valence-electron chi connectivity index (χ4n) is 2.11. The lowest BCUT2D eigenvalue weighted by Gasteiger charge is -2.21. The number of rotatable bonds is 4. The van der Waals surface area contributed by atoms with Crippen molar-refractivity contribution < 1.29 is 4.92 Å². The topological polar surface area (TPSA) is 59.3 Å². The number of halogens is 1. The Balaban J connectivity index is 2.30. The SMILES string of the molecule is Cc1nc(CN(C)c2c(C)cc([N+](=O)[O-])cc2Cl)cs1. The van der Waals surface area contributed by atoms with Gasteiger partial charge in [0.15, 0.2) is 0 Å². The summed E-state index contributed by atoms with van der Waals surface area (Å²) in [5, 5.41) is 14.2. The van der Waals surface area contributed by atoms with E-state index in [0.29, 0.717) is 11.6 Å². The molecule has 0 N–H and O–H groups in total. The lowest BCUT2D eigenvalue weighted by molar-refractivity contribution is -0.384. The van der Waals surface area contributed by atoms with Gasteiger partial charge in [0.25, 0.3) is 5.69 Å². The first-order valence-corrected chi connectivity index (χ1v) is 7.21. The van der Waals surface area contributed by atoms with Gasteiger partial charge in [-0.15, -0.1) is 11.3 Å². The van der Waals surface area contributed by atoms with Gasteiger partial charge in [0.1, 0.15) is 0 Å². The Morgan fingerprint density at radius 1 is 1.45 bits per heavy atom. The quantitative estimate of drug-likeness (QED) is 0.633. The number of nitrogens with zero attached hydrogens (tertiary/aromatic N) is 3. The molecule has 0 bridgehead atoms. The molecular weight excluding hydrogens is 298 g/mol. The van der Waals surface area contributed by atoms with Gasteiger partial charge in [-0.1, -0.05) is 11.6 Å². The first-order chi connectivity index (χ1) is 9.38. The maximum Gasteiger partial charge on any atom is 0.271 e. The molecule has 5 nitrogen and oxygen atoms in total. The van der Waals surface area contributed by atoms with Crippen molar-refractivity contribution in [2.45, 2.75) is 20.4 Å². The minimum absolute atomic E-state index is 0.00847. The molecule has 2 rings (SSSR count). The summed E-state index contributed by atoms with van der Waals surface area (Å²) in [6.07, 6.45) is 0. The molecule has 0 aliphatic rings. The first kappa shape index (κ1) is 14.7. The molecule has 0 saturated carbocycles. The number of aromatic nitrogens is 1. The first-order valence-electron chi connectivity index (χ1n) is 5.95. The summed E-state index contributed by atoms with van der Waals surface area (Å²) in [6.45, 7) is 4.39. The highest BCUT2D eigenvalue weighted by Gasteiger charge is 2.16. The van der Waals surface area contributed by atoms with E-state index in [9.17, 15) is 10.1 Å². The summed E-state index contributed by atoms with van der Waals surface area (Å²) in [5.41, 5.74) is 2.54. The van der Waals surface area contributed by atoms with Gasteiger partial charge in [0.05, 0.1) is 32.9 Å². The number of nitro benzene ring substituents is 1. The van der Waals surface area contributed by atoms with E-state index in [0.717, 1.165) is 22.0 Å². The van der Waals surface area contributed by atoms with Crippen molar-refractivity contribution in [3.8, 4) is 0 Å². The molecule has 1 aromatic heterocycles. The summed E-state index contributed by atoms with van der Waals surface area (Å²) in [7, 11) is 1.90. The molecule has 7 heteroatoms. The Hall–Kier alpha value is -1.66. The molecule has 0 saturated heterocycles. The number of thiazole rings is 1. The number of anilines is 1. The monoisotopic (exact) mass is 311 g/mol. The minimum Gasteiger partial charge on any atom is -0.367 e. The lowest BCUT2D eigenvalue weighted by Crippen LogP contribution is -2.18. The fourth-order valence-corrected chi connectivity index (χ4v) is 3.12. The second-order valence-corrected chi connectivity index (χ2v) is 6.03. The molecule has 0 spiro atoms. The van der Waals surface area contributed by atoms with E-state index >= 15 is 0 Å². The van der Waals surface area contributed by atoms with E-state index in [-0.39, 0.29) is 5.69 Å². The van der Waals surface area contributed by atoms with Gasteiger partial charge in [0, 0.05) is 24.6 Å². The van der Waals surface area contributed by atoms with Crippen molar-refractivity contribution in [3.05, 3.63) is 48.9 Å². The molecule has 0 amide bonds. The average molecular weight is 312 g/mol. The zero-order chi connectivity index (χ0) is 14.9. The lowest BCUT2D eigenvalue weighted by atomic mass is 10.1. The Morgan fingerprint density at radius 3 is 2.65 bits per heavy atom. The minimum atomic E-state index is -0.438. The summed E-state index contributed by atoms with van der Waals surface area (Å²) in [6, 6.07) is 2.91. The molecule has 0 aliphatic carbocycles. The fraction of sp³-hybridized carbons (Fsp3) is 0.308. The summed E-state index contributed by atoms with van der Waals surface area (Å²) >= 11 is 7.78. The van der Waals surface area contributed by atoms with Crippen molar-refractivity contribution in [3.63, 3.8) is 0 Å². The van der Waals surface area contributed by atoms with Crippen LogP contribution >= 0.6 is 22.9 Å². The van der Waals surface area contributed by atoms with Crippen LogP contribution in [0.15, 0.2) is 17.5 Å². The van der Waals surface area contributed by atoms with E-state index in [4.69, 9.17) is 11.6 Å². The molecule has 2 aromatic rings. The third kappa shape index (κ3) is 3.08. The van der Waals surface area contributed by atoms with Crippen LogP contribution in [0.5, 0.6) is 0 Å². The number of aryl methyl sites for hydroxylation is 2. The zero-order valence-electron chi connectivity index (χ0n) is 11.4. The van der Waals surface area contributed by atoms with E-state index < -0.39 is 4.92 Å². The van der Waals surface area contributed by atoms with Crippen LogP contribution in [0.3, 0.4) is 0 Å². The van der Waals surface area contributed by atoms with Crippen molar-refractivity contribution in [2.24, 2.45) is 0 Å². The highest BCUT2D eigenvalue weighted by Crippen LogP contribution is 2.33. The van der Waals surface area contributed by atoms with Crippen molar-refractivity contribution in [2.75, 3.05) is 11.9 Å². The third-order valence-electron chi connectivity index (χ3n) is 2.90. The van der Waals surface area contributed by atoms with Crippen LogP contribution in [0.2, 0.25) is 5.02 Å². The normalized spacial score (nSPS) is 10.6. The van der Waals surface area contributed by atoms with Crippen LogP contribution < -0.4 is 4.90 Å². The van der Waals surface area contributed by atoms with Crippen LogP contribution in [-0.2, 0) is 6.54 Å². The van der Waals surface area contributed by atoms with Gasteiger partial charge in [-0.05, 0) is 19.4 Å². The van der Waals surface area contributed by atoms with Crippen LogP contribution in [0, 0.1) is 24.0 Å². The largest absolute Gasteiger partial charge is 0.367 e. The smallest absolute Gasteiger partial charge is 0.271 e. The molecule has 0 radical (unpaired) electrons. The van der Waals surface area contributed by atoms with Gasteiger partial charge < -0.3 is 4.90 Å². The standard InChI is InChI=1S/C13H14ClN3O2S/c1-8-4-11(17(18)19)5-12(14)13(8)16(3)6-10-7-20-9(2)15-10/h4-5,7H,6H2,1-3H3. The van der Waals surface area contributed by atoms with E-state index in [2.05, 4.69) is 4.98 Å². The average Bonchev–Trinajstić information content (AvgIpc) is 2.73. The Morgan fingerprint density at radius 2 is 2.15 bits per heavy atom. The van der Waals surface area contributed by atoms with Gasteiger partial charge in [0.2, 0.25) is 0 Å². The van der Waals surface area contributed by atoms with Gasteiger partial charge >= 0.3 is 0 Å². The second kappa shape index (κ2) is 5.76. The van der Waals surface area contributed by atoms with Crippen molar-refractivity contribution in [1.29, 1.82) is 0 Å². The molecule has 20 heavy (non-hydrogen) atoms.